The zero-order valence-corrected chi connectivity index (χ0v) is 13.3. The van der Waals surface area contributed by atoms with E-state index in [0.717, 1.165) is 18.4 Å². The second-order valence-corrected chi connectivity index (χ2v) is 5.82. The summed E-state index contributed by atoms with van der Waals surface area (Å²) in [5.74, 6) is -0.414. The molecule has 1 aliphatic rings. The van der Waals surface area contributed by atoms with Crippen molar-refractivity contribution in [2.45, 2.75) is 33.6 Å². The molecule has 0 saturated carbocycles. The van der Waals surface area contributed by atoms with Crippen LogP contribution >= 0.6 is 0 Å². The molecule has 0 spiro atoms. The maximum atomic E-state index is 12.3. The quantitative estimate of drug-likeness (QED) is 0.869. The van der Waals surface area contributed by atoms with E-state index in [2.05, 4.69) is 5.32 Å². The van der Waals surface area contributed by atoms with Crippen LogP contribution in [0, 0.1) is 32.6 Å². The van der Waals surface area contributed by atoms with Crippen LogP contribution < -0.4 is 5.32 Å². The van der Waals surface area contributed by atoms with Gasteiger partial charge in [-0.05, 0) is 39.5 Å². The maximum absolute atomic E-state index is 12.3. The smallest absolute Gasteiger partial charge is 0.308 e. The summed E-state index contributed by atoms with van der Waals surface area (Å²) in [4.78, 5) is 23.8. The summed E-state index contributed by atoms with van der Waals surface area (Å²) in [6.07, 6.45) is 1.44. The highest BCUT2D eigenvalue weighted by Crippen LogP contribution is 2.24. The Labute approximate surface area is 129 Å². The molecule has 1 fully saturated rings. The number of ether oxygens (including phenoxy) is 1. The first-order valence-corrected chi connectivity index (χ1v) is 7.57. The molecule has 1 unspecified atom stereocenters. The molecule has 122 valence electrons. The second-order valence-electron chi connectivity index (χ2n) is 5.82. The number of aryl methyl sites for hydroxylation is 2. The van der Waals surface area contributed by atoms with Crippen molar-refractivity contribution in [2.24, 2.45) is 11.8 Å². The summed E-state index contributed by atoms with van der Waals surface area (Å²) in [6, 6.07) is 0. The second kappa shape index (κ2) is 6.96. The van der Waals surface area contributed by atoms with Crippen LogP contribution in [-0.2, 0) is 9.53 Å². The molecule has 0 bridgehead atoms. The first kappa shape index (κ1) is 16.5. The molecule has 0 aliphatic carbocycles. The summed E-state index contributed by atoms with van der Waals surface area (Å²) in [5.41, 5.74) is 1.31. The van der Waals surface area contributed by atoms with Crippen molar-refractivity contribution in [3.05, 3.63) is 22.6 Å². The van der Waals surface area contributed by atoms with Crippen molar-refractivity contribution in [2.75, 3.05) is 19.8 Å². The van der Waals surface area contributed by atoms with E-state index < -0.39 is 11.9 Å². The van der Waals surface area contributed by atoms with Crippen LogP contribution in [0.4, 0.5) is 0 Å². The number of nitrogens with one attached hydrogen (secondary N) is 1. The predicted octanol–water partition coefficient (Wildman–Crippen LogP) is 2.06. The molecule has 1 saturated heterocycles. The summed E-state index contributed by atoms with van der Waals surface area (Å²) in [6.45, 7) is 6.67. The lowest BCUT2D eigenvalue weighted by Gasteiger charge is -2.27. The predicted molar refractivity (Wildman–Crippen MR) is 79.9 cm³/mol. The minimum atomic E-state index is -0.871. The van der Waals surface area contributed by atoms with Gasteiger partial charge in [0.2, 0.25) is 0 Å². The largest absolute Gasteiger partial charge is 0.481 e. The monoisotopic (exact) mass is 309 g/mol. The van der Waals surface area contributed by atoms with Gasteiger partial charge in [-0.3, -0.25) is 9.59 Å². The van der Waals surface area contributed by atoms with Gasteiger partial charge >= 0.3 is 5.97 Å². The lowest BCUT2D eigenvalue weighted by atomic mass is 9.86. The van der Waals surface area contributed by atoms with Crippen LogP contribution in [0.2, 0.25) is 0 Å². The van der Waals surface area contributed by atoms with Crippen molar-refractivity contribution in [1.29, 1.82) is 0 Å². The number of aliphatic carboxylic acids is 1. The van der Waals surface area contributed by atoms with E-state index in [4.69, 9.17) is 9.15 Å². The number of hydrogen-bond acceptors (Lipinski definition) is 4. The topological polar surface area (TPSA) is 88.8 Å². The zero-order valence-electron chi connectivity index (χ0n) is 13.3. The van der Waals surface area contributed by atoms with Crippen LogP contribution in [0.15, 0.2) is 4.42 Å². The molecule has 2 heterocycles. The van der Waals surface area contributed by atoms with Crippen molar-refractivity contribution in [3.8, 4) is 0 Å². The molecule has 1 amide bonds. The van der Waals surface area contributed by atoms with Gasteiger partial charge in [-0.2, -0.15) is 0 Å². The summed E-state index contributed by atoms with van der Waals surface area (Å²) in [5, 5.41) is 12.2. The van der Waals surface area contributed by atoms with E-state index in [1.807, 2.05) is 6.92 Å². The molecule has 0 aromatic carbocycles. The Bertz CT molecular complexity index is 557. The van der Waals surface area contributed by atoms with Gasteiger partial charge in [0.15, 0.2) is 0 Å². The standard InChI is InChI=1S/C16H23NO5/c1-9-10(2)22-11(3)14(9)15(18)17-8-13(16(19)20)12-4-6-21-7-5-12/h12-13H,4-8H2,1-3H3,(H,17,18)(H,19,20). The molecular formula is C16H23NO5. The normalized spacial score (nSPS) is 17.2. The van der Waals surface area contributed by atoms with Gasteiger partial charge in [-0.25, -0.2) is 0 Å². The summed E-state index contributed by atoms with van der Waals surface area (Å²) < 4.78 is 10.7. The Morgan fingerprint density at radius 1 is 1.23 bits per heavy atom. The third-order valence-electron chi connectivity index (χ3n) is 4.42. The summed E-state index contributed by atoms with van der Waals surface area (Å²) >= 11 is 0. The number of furan rings is 1. The first-order chi connectivity index (χ1) is 10.4. The number of rotatable bonds is 5. The van der Waals surface area contributed by atoms with Gasteiger partial charge in [0.1, 0.15) is 11.5 Å². The van der Waals surface area contributed by atoms with Gasteiger partial charge in [-0.15, -0.1) is 0 Å². The average molecular weight is 309 g/mol. The first-order valence-electron chi connectivity index (χ1n) is 7.57. The Morgan fingerprint density at radius 3 is 2.36 bits per heavy atom. The van der Waals surface area contributed by atoms with E-state index in [0.29, 0.717) is 30.3 Å². The highest BCUT2D eigenvalue weighted by Gasteiger charge is 2.30. The number of carboxylic acids is 1. The fraction of sp³-hybridized carbons (Fsp3) is 0.625. The molecular weight excluding hydrogens is 286 g/mol. The molecule has 1 aromatic rings. The van der Waals surface area contributed by atoms with Crippen LogP contribution in [0.25, 0.3) is 0 Å². The average Bonchev–Trinajstić information content (AvgIpc) is 2.73. The molecule has 22 heavy (non-hydrogen) atoms. The van der Waals surface area contributed by atoms with E-state index >= 15 is 0 Å². The lowest BCUT2D eigenvalue weighted by molar-refractivity contribution is -0.144. The lowest BCUT2D eigenvalue weighted by Crippen LogP contribution is -2.39. The number of carboxylic acid groups (broad SMARTS) is 1. The summed E-state index contributed by atoms with van der Waals surface area (Å²) in [7, 11) is 0. The molecule has 1 aromatic heterocycles. The van der Waals surface area contributed by atoms with Gasteiger partial charge in [0.05, 0.1) is 11.5 Å². The highest BCUT2D eigenvalue weighted by atomic mass is 16.5. The fourth-order valence-electron chi connectivity index (χ4n) is 2.99. The van der Waals surface area contributed by atoms with E-state index in [1.165, 1.54) is 0 Å². The van der Waals surface area contributed by atoms with E-state index in [9.17, 15) is 14.7 Å². The minimum absolute atomic E-state index is 0.0415. The number of hydrogen-bond donors (Lipinski definition) is 2. The Morgan fingerprint density at radius 2 is 1.86 bits per heavy atom. The molecule has 2 N–H and O–H groups in total. The van der Waals surface area contributed by atoms with Gasteiger partial charge < -0.3 is 19.6 Å². The molecule has 2 rings (SSSR count). The Kier molecular flexibility index (Phi) is 5.24. The van der Waals surface area contributed by atoms with Crippen molar-refractivity contribution in [3.63, 3.8) is 0 Å². The van der Waals surface area contributed by atoms with Crippen LogP contribution in [0.3, 0.4) is 0 Å². The van der Waals surface area contributed by atoms with Crippen molar-refractivity contribution >= 4 is 11.9 Å². The number of amides is 1. The van der Waals surface area contributed by atoms with E-state index in [1.54, 1.807) is 13.8 Å². The molecule has 1 aliphatic heterocycles. The third kappa shape index (κ3) is 3.50. The van der Waals surface area contributed by atoms with Crippen LogP contribution in [-0.4, -0.2) is 36.7 Å². The van der Waals surface area contributed by atoms with E-state index in [-0.39, 0.29) is 18.4 Å². The molecule has 0 radical (unpaired) electrons. The number of carbonyl (C=O) groups excluding carboxylic acids is 1. The highest BCUT2D eigenvalue weighted by molar-refractivity contribution is 5.97. The van der Waals surface area contributed by atoms with Gasteiger partial charge in [0.25, 0.3) is 5.91 Å². The van der Waals surface area contributed by atoms with Crippen molar-refractivity contribution < 1.29 is 23.8 Å². The Balaban J connectivity index is 2.02. The zero-order chi connectivity index (χ0) is 16.3. The number of carbonyl (C=O) groups is 2. The van der Waals surface area contributed by atoms with Gasteiger partial charge in [0, 0.05) is 25.3 Å². The minimum Gasteiger partial charge on any atom is -0.481 e. The fourth-order valence-corrected chi connectivity index (χ4v) is 2.99. The SMILES string of the molecule is Cc1oc(C)c(C(=O)NCC(C(=O)O)C2CCOCC2)c1C. The molecule has 6 nitrogen and oxygen atoms in total. The van der Waals surface area contributed by atoms with Crippen molar-refractivity contribution in [1.82, 2.24) is 5.32 Å². The third-order valence-corrected chi connectivity index (χ3v) is 4.42. The molecule has 6 heteroatoms. The Hall–Kier alpha value is -1.82. The van der Waals surface area contributed by atoms with Crippen LogP contribution in [0.1, 0.15) is 40.3 Å². The molecule has 1 atom stereocenters. The van der Waals surface area contributed by atoms with Crippen LogP contribution in [0.5, 0.6) is 0 Å². The maximum Gasteiger partial charge on any atom is 0.308 e. The van der Waals surface area contributed by atoms with Gasteiger partial charge in [-0.1, -0.05) is 0 Å².